The molecule has 1 rings (SSSR count). The zero-order chi connectivity index (χ0) is 11.4. The number of phenolic OH excluding ortho intramolecular Hbond substituents is 1. The summed E-state index contributed by atoms with van der Waals surface area (Å²) in [6.45, 7) is 7.65. The van der Waals surface area contributed by atoms with Gasteiger partial charge in [0.15, 0.2) is 11.5 Å². The van der Waals surface area contributed by atoms with Crippen LogP contribution >= 0.6 is 0 Å². The molecule has 0 aliphatic rings. The van der Waals surface area contributed by atoms with E-state index in [9.17, 15) is 5.11 Å². The van der Waals surface area contributed by atoms with Crippen LogP contribution in [0.15, 0.2) is 18.2 Å². The van der Waals surface area contributed by atoms with Crippen molar-refractivity contribution < 1.29 is 14.6 Å². The summed E-state index contributed by atoms with van der Waals surface area (Å²) in [6.07, 6.45) is 0.0652. The van der Waals surface area contributed by atoms with Gasteiger partial charge in [0.25, 0.3) is 0 Å². The van der Waals surface area contributed by atoms with Crippen molar-refractivity contribution >= 4 is 0 Å². The molecular formula is C12H18O3. The van der Waals surface area contributed by atoms with E-state index in [1.165, 1.54) is 0 Å². The van der Waals surface area contributed by atoms with Crippen LogP contribution in [0.4, 0.5) is 0 Å². The molecule has 84 valence electrons. The monoisotopic (exact) mass is 210 g/mol. The van der Waals surface area contributed by atoms with E-state index in [-0.39, 0.29) is 18.0 Å². The molecule has 3 nitrogen and oxygen atoms in total. The molecule has 0 aliphatic heterocycles. The summed E-state index contributed by atoms with van der Waals surface area (Å²) < 4.78 is 10.9. The van der Waals surface area contributed by atoms with Crippen molar-refractivity contribution in [2.75, 3.05) is 0 Å². The largest absolute Gasteiger partial charge is 0.502 e. The van der Waals surface area contributed by atoms with Crippen molar-refractivity contribution in [3.8, 4) is 17.2 Å². The van der Waals surface area contributed by atoms with E-state index in [1.807, 2.05) is 27.7 Å². The van der Waals surface area contributed by atoms with Gasteiger partial charge in [-0.25, -0.2) is 0 Å². The normalized spacial score (nSPS) is 10.8. The number of rotatable bonds is 4. The Morgan fingerprint density at radius 3 is 1.67 bits per heavy atom. The summed E-state index contributed by atoms with van der Waals surface area (Å²) in [6, 6.07) is 5.25. The molecule has 0 fully saturated rings. The van der Waals surface area contributed by atoms with E-state index < -0.39 is 0 Å². The molecule has 15 heavy (non-hydrogen) atoms. The smallest absolute Gasteiger partial charge is 0.200 e. The summed E-state index contributed by atoms with van der Waals surface area (Å²) in [5.41, 5.74) is 0. The molecule has 0 unspecified atom stereocenters. The lowest BCUT2D eigenvalue weighted by molar-refractivity contribution is 0.211. The van der Waals surface area contributed by atoms with Gasteiger partial charge in [-0.05, 0) is 39.8 Å². The first-order chi connectivity index (χ1) is 7.00. The Hall–Kier alpha value is -1.38. The topological polar surface area (TPSA) is 38.7 Å². The van der Waals surface area contributed by atoms with Gasteiger partial charge in [0, 0.05) is 0 Å². The average Bonchev–Trinajstić information content (AvgIpc) is 2.10. The minimum Gasteiger partial charge on any atom is -0.502 e. The van der Waals surface area contributed by atoms with Crippen LogP contribution in [0, 0.1) is 0 Å². The fourth-order valence-electron chi connectivity index (χ4n) is 1.20. The molecule has 0 heterocycles. The Morgan fingerprint density at radius 1 is 0.933 bits per heavy atom. The van der Waals surface area contributed by atoms with Crippen LogP contribution in [0.1, 0.15) is 27.7 Å². The van der Waals surface area contributed by atoms with Gasteiger partial charge in [-0.2, -0.15) is 0 Å². The highest BCUT2D eigenvalue weighted by atomic mass is 16.5. The van der Waals surface area contributed by atoms with E-state index >= 15 is 0 Å². The number of phenols is 1. The predicted octanol–water partition coefficient (Wildman–Crippen LogP) is 2.97. The number of benzene rings is 1. The van der Waals surface area contributed by atoms with Crippen molar-refractivity contribution in [3.63, 3.8) is 0 Å². The zero-order valence-corrected chi connectivity index (χ0v) is 9.65. The third-order valence-electron chi connectivity index (χ3n) is 1.69. The second-order valence-electron chi connectivity index (χ2n) is 3.94. The van der Waals surface area contributed by atoms with E-state index in [1.54, 1.807) is 18.2 Å². The molecule has 0 bridgehead atoms. The standard InChI is InChI=1S/C12H18O3/c1-8(2)14-10-6-5-7-11(12(10)13)15-9(3)4/h5-9,13H,1-4H3. The van der Waals surface area contributed by atoms with Gasteiger partial charge in [0.2, 0.25) is 5.75 Å². The first-order valence-electron chi connectivity index (χ1n) is 5.16. The SMILES string of the molecule is CC(C)Oc1cccc(OC(C)C)c1O. The fourth-order valence-corrected chi connectivity index (χ4v) is 1.20. The third-order valence-corrected chi connectivity index (χ3v) is 1.69. The van der Waals surface area contributed by atoms with Gasteiger partial charge in [-0.3, -0.25) is 0 Å². The van der Waals surface area contributed by atoms with Crippen molar-refractivity contribution in [1.82, 2.24) is 0 Å². The number of aromatic hydroxyl groups is 1. The third kappa shape index (κ3) is 3.35. The Morgan fingerprint density at radius 2 is 1.33 bits per heavy atom. The van der Waals surface area contributed by atoms with Crippen molar-refractivity contribution in [3.05, 3.63) is 18.2 Å². The maximum absolute atomic E-state index is 9.84. The zero-order valence-electron chi connectivity index (χ0n) is 9.65. The maximum Gasteiger partial charge on any atom is 0.200 e. The molecule has 0 radical (unpaired) electrons. The second kappa shape index (κ2) is 4.91. The molecule has 0 saturated carbocycles. The van der Waals surface area contributed by atoms with Crippen LogP contribution in [0.5, 0.6) is 17.2 Å². The molecule has 3 heteroatoms. The molecule has 0 saturated heterocycles. The second-order valence-corrected chi connectivity index (χ2v) is 3.94. The van der Waals surface area contributed by atoms with Crippen molar-refractivity contribution in [1.29, 1.82) is 0 Å². The molecule has 0 aromatic heterocycles. The first kappa shape index (κ1) is 11.7. The minimum absolute atomic E-state index is 0.0326. The summed E-state index contributed by atoms with van der Waals surface area (Å²) in [7, 11) is 0. The van der Waals surface area contributed by atoms with Crippen molar-refractivity contribution in [2.45, 2.75) is 39.9 Å². The molecule has 0 atom stereocenters. The maximum atomic E-state index is 9.84. The number of ether oxygens (including phenoxy) is 2. The molecule has 1 aromatic carbocycles. The summed E-state index contributed by atoms with van der Waals surface area (Å²) >= 11 is 0. The minimum atomic E-state index is 0.0326. The first-order valence-corrected chi connectivity index (χ1v) is 5.16. The van der Waals surface area contributed by atoms with E-state index in [4.69, 9.17) is 9.47 Å². The van der Waals surface area contributed by atoms with Crippen LogP contribution < -0.4 is 9.47 Å². The Kier molecular flexibility index (Phi) is 3.83. The number of hydrogen-bond acceptors (Lipinski definition) is 3. The fraction of sp³-hybridized carbons (Fsp3) is 0.500. The molecule has 1 aromatic rings. The van der Waals surface area contributed by atoms with Crippen molar-refractivity contribution in [2.24, 2.45) is 0 Å². The molecule has 0 spiro atoms. The lowest BCUT2D eigenvalue weighted by atomic mass is 10.3. The van der Waals surface area contributed by atoms with Crippen LogP contribution in [0.25, 0.3) is 0 Å². The summed E-state index contributed by atoms with van der Waals surface area (Å²) in [4.78, 5) is 0. The molecule has 1 N–H and O–H groups in total. The van der Waals surface area contributed by atoms with Crippen LogP contribution in [0.2, 0.25) is 0 Å². The molecule has 0 aliphatic carbocycles. The number of para-hydroxylation sites is 1. The van der Waals surface area contributed by atoms with E-state index in [0.717, 1.165) is 0 Å². The van der Waals surface area contributed by atoms with E-state index in [2.05, 4.69) is 0 Å². The quantitative estimate of drug-likeness (QED) is 0.830. The van der Waals surface area contributed by atoms with Gasteiger partial charge in [0.1, 0.15) is 0 Å². The van der Waals surface area contributed by atoms with E-state index in [0.29, 0.717) is 11.5 Å². The Labute approximate surface area is 90.6 Å². The average molecular weight is 210 g/mol. The Bertz CT molecular complexity index is 290. The van der Waals surface area contributed by atoms with Crippen LogP contribution in [0.3, 0.4) is 0 Å². The molecular weight excluding hydrogens is 192 g/mol. The van der Waals surface area contributed by atoms with Gasteiger partial charge >= 0.3 is 0 Å². The van der Waals surface area contributed by atoms with Gasteiger partial charge < -0.3 is 14.6 Å². The highest BCUT2D eigenvalue weighted by Crippen LogP contribution is 2.36. The summed E-state index contributed by atoms with van der Waals surface area (Å²) in [5, 5.41) is 9.84. The number of hydrogen-bond donors (Lipinski definition) is 1. The van der Waals surface area contributed by atoms with Gasteiger partial charge in [0.05, 0.1) is 12.2 Å². The highest BCUT2D eigenvalue weighted by Gasteiger charge is 2.11. The predicted molar refractivity (Wildman–Crippen MR) is 59.6 cm³/mol. The van der Waals surface area contributed by atoms with Crippen LogP contribution in [-0.2, 0) is 0 Å². The molecule has 0 amide bonds. The Balaban J connectivity index is 2.90. The lowest BCUT2D eigenvalue weighted by Gasteiger charge is -2.15. The summed E-state index contributed by atoms with van der Waals surface area (Å²) in [5.74, 6) is 0.992. The lowest BCUT2D eigenvalue weighted by Crippen LogP contribution is -2.08. The van der Waals surface area contributed by atoms with Crippen LogP contribution in [-0.4, -0.2) is 17.3 Å². The van der Waals surface area contributed by atoms with Gasteiger partial charge in [-0.1, -0.05) is 6.07 Å². The highest BCUT2D eigenvalue weighted by molar-refractivity contribution is 5.50. The van der Waals surface area contributed by atoms with Gasteiger partial charge in [-0.15, -0.1) is 0 Å².